The normalized spacial score (nSPS) is 12.9. The van der Waals surface area contributed by atoms with Crippen LogP contribution in [-0.4, -0.2) is 26.1 Å². The van der Waals surface area contributed by atoms with Crippen LogP contribution in [-0.2, 0) is 4.43 Å². The zero-order chi connectivity index (χ0) is 14.6. The van der Waals surface area contributed by atoms with E-state index in [0.717, 1.165) is 24.6 Å². The van der Waals surface area contributed by atoms with Crippen molar-refractivity contribution in [2.24, 2.45) is 0 Å². The van der Waals surface area contributed by atoms with Gasteiger partial charge in [0.15, 0.2) is 8.32 Å². The Balaban J connectivity index is 3.88. The van der Waals surface area contributed by atoms with Crippen molar-refractivity contribution in [1.29, 1.82) is 0 Å². The maximum absolute atomic E-state index is 9.90. The summed E-state index contributed by atoms with van der Waals surface area (Å²) in [5.41, 5.74) is 0. The fourth-order valence-corrected chi connectivity index (χ4v) is 4.79. The van der Waals surface area contributed by atoms with Gasteiger partial charge in [-0.05, 0) is 24.6 Å². The van der Waals surface area contributed by atoms with Crippen LogP contribution in [0.4, 0.5) is 0 Å². The molecular formula is C16H32O2Si. The van der Waals surface area contributed by atoms with E-state index in [0.29, 0.717) is 13.0 Å². The van der Waals surface area contributed by atoms with E-state index >= 15 is 0 Å². The third-order valence-corrected chi connectivity index (χ3v) is 8.53. The molecule has 1 atom stereocenters. The molecule has 0 amide bonds. The van der Waals surface area contributed by atoms with E-state index in [4.69, 9.17) is 4.43 Å². The molecule has 0 fully saturated rings. The molecule has 0 saturated carbocycles. The van der Waals surface area contributed by atoms with Crippen molar-refractivity contribution in [1.82, 2.24) is 0 Å². The van der Waals surface area contributed by atoms with Crippen LogP contribution in [0.25, 0.3) is 0 Å². The third-order valence-electron chi connectivity index (χ3n) is 3.88. The van der Waals surface area contributed by atoms with Gasteiger partial charge in [0.25, 0.3) is 0 Å². The predicted octanol–water partition coefficient (Wildman–Crippen LogP) is 4.34. The van der Waals surface area contributed by atoms with Crippen molar-refractivity contribution in [3.63, 3.8) is 0 Å². The lowest BCUT2D eigenvalue weighted by molar-refractivity contribution is 0.105. The molecule has 1 N–H and O–H groups in total. The molecule has 2 nitrogen and oxygen atoms in total. The molecule has 0 aromatic rings. The summed E-state index contributed by atoms with van der Waals surface area (Å²) in [6, 6.07) is 3.40. The molecule has 3 heteroatoms. The fourth-order valence-electron chi connectivity index (χ4n) is 2.13. The summed E-state index contributed by atoms with van der Waals surface area (Å²) < 4.78 is 6.06. The molecule has 0 rings (SSSR count). The maximum atomic E-state index is 9.90. The van der Waals surface area contributed by atoms with Crippen LogP contribution in [0.3, 0.4) is 0 Å². The summed E-state index contributed by atoms with van der Waals surface area (Å²) in [5.74, 6) is 6.21. The van der Waals surface area contributed by atoms with Crippen LogP contribution >= 0.6 is 0 Å². The fraction of sp³-hybridized carbons (Fsp3) is 0.875. The molecule has 0 aliphatic rings. The predicted molar refractivity (Wildman–Crippen MR) is 85.7 cm³/mol. The lowest BCUT2D eigenvalue weighted by Gasteiger charge is -2.28. The minimum atomic E-state index is -1.55. The molecule has 0 spiro atoms. The average molecular weight is 285 g/mol. The molecule has 112 valence electrons. The summed E-state index contributed by atoms with van der Waals surface area (Å²) in [4.78, 5) is 0. The third kappa shape index (κ3) is 8.46. The SMILES string of the molecule is CCCCCC#CC[C@@H](O)CO[Si](CC)(CC)CC. The summed E-state index contributed by atoms with van der Waals surface area (Å²) in [7, 11) is -1.55. The van der Waals surface area contributed by atoms with Crippen molar-refractivity contribution in [3.05, 3.63) is 0 Å². The molecule has 0 aliphatic carbocycles. The van der Waals surface area contributed by atoms with Gasteiger partial charge >= 0.3 is 0 Å². The Morgan fingerprint density at radius 3 is 2.16 bits per heavy atom. The van der Waals surface area contributed by atoms with E-state index < -0.39 is 14.4 Å². The average Bonchev–Trinajstić information content (AvgIpc) is 2.45. The molecule has 0 aromatic carbocycles. The van der Waals surface area contributed by atoms with Crippen molar-refractivity contribution in [2.75, 3.05) is 6.61 Å². The number of rotatable bonds is 10. The van der Waals surface area contributed by atoms with Crippen molar-refractivity contribution in [3.8, 4) is 11.8 Å². The first-order valence-corrected chi connectivity index (χ1v) is 10.4. The first-order valence-electron chi connectivity index (χ1n) is 7.91. The highest BCUT2D eigenvalue weighted by atomic mass is 28.4. The Morgan fingerprint density at radius 1 is 1.00 bits per heavy atom. The van der Waals surface area contributed by atoms with E-state index in [1.54, 1.807) is 0 Å². The first kappa shape index (κ1) is 18.7. The van der Waals surface area contributed by atoms with Crippen molar-refractivity contribution in [2.45, 2.75) is 84.0 Å². The minimum Gasteiger partial charge on any atom is -0.414 e. The summed E-state index contributed by atoms with van der Waals surface area (Å²) >= 11 is 0. The van der Waals surface area contributed by atoms with Crippen LogP contribution in [0.5, 0.6) is 0 Å². The van der Waals surface area contributed by atoms with Gasteiger partial charge in [0.2, 0.25) is 0 Å². The van der Waals surface area contributed by atoms with E-state index in [1.807, 2.05) is 0 Å². The van der Waals surface area contributed by atoms with E-state index in [1.165, 1.54) is 19.3 Å². The summed E-state index contributed by atoms with van der Waals surface area (Å²) in [5, 5.41) is 9.90. The van der Waals surface area contributed by atoms with Gasteiger partial charge in [-0.2, -0.15) is 0 Å². The Labute approximate surface area is 121 Å². The standard InChI is InChI=1S/C16H32O2Si/c1-5-9-10-11-12-13-14-16(17)15-18-19(6-2,7-3)8-4/h16-17H,5-11,14-15H2,1-4H3/t16-/m1/s1. The second-order valence-corrected chi connectivity index (χ2v) is 10.00. The van der Waals surface area contributed by atoms with Crippen LogP contribution < -0.4 is 0 Å². The quantitative estimate of drug-likeness (QED) is 0.367. The highest BCUT2D eigenvalue weighted by Gasteiger charge is 2.29. The number of aliphatic hydroxyl groups is 1. The number of hydrogen-bond donors (Lipinski definition) is 1. The summed E-state index contributed by atoms with van der Waals surface area (Å²) in [6.45, 7) is 9.28. The van der Waals surface area contributed by atoms with Gasteiger partial charge in [-0.1, -0.05) is 40.5 Å². The topological polar surface area (TPSA) is 29.5 Å². The molecule has 0 unspecified atom stereocenters. The molecule has 0 bridgehead atoms. The molecule has 0 saturated heterocycles. The Bertz CT molecular complexity index is 255. The number of unbranched alkanes of at least 4 members (excludes halogenated alkanes) is 3. The van der Waals surface area contributed by atoms with E-state index in [9.17, 15) is 5.11 Å². The Hall–Kier alpha value is -0.303. The lowest BCUT2D eigenvalue weighted by atomic mass is 10.2. The number of aliphatic hydroxyl groups excluding tert-OH is 1. The summed E-state index contributed by atoms with van der Waals surface area (Å²) in [6.07, 6.45) is 4.74. The van der Waals surface area contributed by atoms with Gasteiger partial charge in [0, 0.05) is 12.8 Å². The Morgan fingerprint density at radius 2 is 1.63 bits per heavy atom. The van der Waals surface area contributed by atoms with Gasteiger partial charge in [0.1, 0.15) is 0 Å². The minimum absolute atomic E-state index is 0.421. The smallest absolute Gasteiger partial charge is 0.192 e. The monoisotopic (exact) mass is 284 g/mol. The molecular weight excluding hydrogens is 252 g/mol. The van der Waals surface area contributed by atoms with Gasteiger partial charge in [-0.3, -0.25) is 0 Å². The van der Waals surface area contributed by atoms with Gasteiger partial charge in [-0.15, -0.1) is 11.8 Å². The van der Waals surface area contributed by atoms with Gasteiger partial charge < -0.3 is 9.53 Å². The molecule has 0 radical (unpaired) electrons. The van der Waals surface area contributed by atoms with Crippen molar-refractivity contribution >= 4 is 8.32 Å². The first-order chi connectivity index (χ1) is 9.14. The second-order valence-electron chi connectivity index (χ2n) is 5.22. The molecule has 0 heterocycles. The number of hydrogen-bond acceptors (Lipinski definition) is 2. The highest BCUT2D eigenvalue weighted by Crippen LogP contribution is 2.21. The zero-order valence-electron chi connectivity index (χ0n) is 13.3. The lowest BCUT2D eigenvalue weighted by Crippen LogP contribution is -2.38. The van der Waals surface area contributed by atoms with Crippen molar-refractivity contribution < 1.29 is 9.53 Å². The largest absolute Gasteiger partial charge is 0.414 e. The second kappa shape index (κ2) is 11.5. The molecule has 0 aliphatic heterocycles. The van der Waals surface area contributed by atoms with Gasteiger partial charge in [0.05, 0.1) is 12.7 Å². The zero-order valence-corrected chi connectivity index (χ0v) is 14.3. The van der Waals surface area contributed by atoms with Crippen LogP contribution in [0, 0.1) is 11.8 Å². The van der Waals surface area contributed by atoms with Crippen LogP contribution in [0.2, 0.25) is 18.1 Å². The van der Waals surface area contributed by atoms with Gasteiger partial charge in [-0.25, -0.2) is 0 Å². The Kier molecular flexibility index (Phi) is 11.3. The highest BCUT2D eigenvalue weighted by molar-refractivity contribution is 6.73. The van der Waals surface area contributed by atoms with E-state index in [2.05, 4.69) is 39.5 Å². The van der Waals surface area contributed by atoms with Crippen LogP contribution in [0.1, 0.15) is 59.8 Å². The maximum Gasteiger partial charge on any atom is 0.192 e. The van der Waals surface area contributed by atoms with E-state index in [-0.39, 0.29) is 0 Å². The molecule has 19 heavy (non-hydrogen) atoms. The van der Waals surface area contributed by atoms with Crippen LogP contribution in [0.15, 0.2) is 0 Å². The molecule has 0 aromatic heterocycles.